The molecule has 0 unspecified atom stereocenters. The van der Waals surface area contributed by atoms with E-state index in [-0.39, 0.29) is 5.91 Å². The topological polar surface area (TPSA) is 46.4 Å². The number of hydrogen-bond acceptors (Lipinski definition) is 2. The van der Waals surface area contributed by atoms with Gasteiger partial charge in [0.2, 0.25) is 0 Å². The standard InChI is InChI=1S/C16H13ClFN3O/c1-9-7-11(17)3-5-13(9)20-16(22)15-10(2)19-14-6-4-12(18)8-21(14)15/h3-8H,1-2H3,(H,20,22). The van der Waals surface area contributed by atoms with Gasteiger partial charge in [0.05, 0.1) is 5.69 Å². The number of benzene rings is 1. The van der Waals surface area contributed by atoms with E-state index < -0.39 is 5.82 Å². The molecule has 2 aromatic heterocycles. The SMILES string of the molecule is Cc1cc(Cl)ccc1NC(=O)c1c(C)nc2ccc(F)cn12. The van der Waals surface area contributed by atoms with Crippen molar-refractivity contribution < 1.29 is 9.18 Å². The van der Waals surface area contributed by atoms with E-state index in [9.17, 15) is 9.18 Å². The zero-order chi connectivity index (χ0) is 15.9. The van der Waals surface area contributed by atoms with Crippen molar-refractivity contribution in [2.45, 2.75) is 13.8 Å². The summed E-state index contributed by atoms with van der Waals surface area (Å²) in [5.41, 5.74) is 2.87. The lowest BCUT2D eigenvalue weighted by Gasteiger charge is -2.09. The lowest BCUT2D eigenvalue weighted by atomic mass is 10.2. The monoisotopic (exact) mass is 317 g/mol. The number of amides is 1. The number of halogens is 2. The lowest BCUT2D eigenvalue weighted by molar-refractivity contribution is 0.102. The zero-order valence-electron chi connectivity index (χ0n) is 12.0. The van der Waals surface area contributed by atoms with Crippen molar-refractivity contribution in [1.29, 1.82) is 0 Å². The fourth-order valence-electron chi connectivity index (χ4n) is 2.36. The molecule has 112 valence electrons. The zero-order valence-corrected chi connectivity index (χ0v) is 12.8. The molecule has 6 heteroatoms. The van der Waals surface area contributed by atoms with Crippen molar-refractivity contribution in [2.24, 2.45) is 0 Å². The second kappa shape index (κ2) is 5.42. The minimum atomic E-state index is -0.429. The minimum Gasteiger partial charge on any atom is -0.320 e. The predicted octanol–water partition coefficient (Wildman–Crippen LogP) is 4.00. The Balaban J connectivity index is 2.02. The molecule has 22 heavy (non-hydrogen) atoms. The van der Waals surface area contributed by atoms with Gasteiger partial charge in [-0.05, 0) is 49.7 Å². The van der Waals surface area contributed by atoms with Crippen LogP contribution in [0.15, 0.2) is 36.5 Å². The fraction of sp³-hybridized carbons (Fsp3) is 0.125. The first-order valence-electron chi connectivity index (χ1n) is 6.67. The van der Waals surface area contributed by atoms with Gasteiger partial charge >= 0.3 is 0 Å². The summed E-state index contributed by atoms with van der Waals surface area (Å²) in [5.74, 6) is -0.775. The maximum Gasteiger partial charge on any atom is 0.274 e. The molecule has 2 heterocycles. The quantitative estimate of drug-likeness (QED) is 0.776. The number of hydrogen-bond donors (Lipinski definition) is 1. The van der Waals surface area contributed by atoms with E-state index in [4.69, 9.17) is 11.6 Å². The summed E-state index contributed by atoms with van der Waals surface area (Å²) in [7, 11) is 0. The molecule has 0 radical (unpaired) electrons. The molecular formula is C16H13ClFN3O. The Bertz CT molecular complexity index is 888. The van der Waals surface area contributed by atoms with Gasteiger partial charge in [-0.3, -0.25) is 9.20 Å². The maximum atomic E-state index is 13.4. The smallest absolute Gasteiger partial charge is 0.274 e. The molecule has 1 N–H and O–H groups in total. The number of rotatable bonds is 2. The van der Waals surface area contributed by atoms with Gasteiger partial charge < -0.3 is 5.32 Å². The van der Waals surface area contributed by atoms with Gasteiger partial charge in [-0.25, -0.2) is 9.37 Å². The van der Waals surface area contributed by atoms with E-state index in [1.165, 1.54) is 22.7 Å². The molecule has 0 aliphatic heterocycles. The molecule has 0 atom stereocenters. The van der Waals surface area contributed by atoms with Crippen LogP contribution in [0.4, 0.5) is 10.1 Å². The van der Waals surface area contributed by atoms with Crippen molar-refractivity contribution in [2.75, 3.05) is 5.32 Å². The Morgan fingerprint density at radius 1 is 1.27 bits per heavy atom. The van der Waals surface area contributed by atoms with Crippen LogP contribution in [0.3, 0.4) is 0 Å². The number of anilines is 1. The van der Waals surface area contributed by atoms with Crippen molar-refractivity contribution in [3.63, 3.8) is 0 Å². The summed E-state index contributed by atoms with van der Waals surface area (Å²) in [6.45, 7) is 3.57. The number of aromatic nitrogens is 2. The van der Waals surface area contributed by atoms with Crippen LogP contribution in [-0.4, -0.2) is 15.3 Å². The van der Waals surface area contributed by atoms with Gasteiger partial charge in [-0.15, -0.1) is 0 Å². The second-order valence-corrected chi connectivity index (χ2v) is 5.47. The molecule has 3 rings (SSSR count). The van der Waals surface area contributed by atoms with Crippen LogP contribution in [0.25, 0.3) is 5.65 Å². The molecule has 0 saturated heterocycles. The van der Waals surface area contributed by atoms with E-state index in [1.54, 1.807) is 25.1 Å². The number of carbonyl (C=O) groups is 1. The summed E-state index contributed by atoms with van der Waals surface area (Å²) in [4.78, 5) is 16.8. The van der Waals surface area contributed by atoms with Gasteiger partial charge in [0.15, 0.2) is 0 Å². The molecule has 3 aromatic rings. The van der Waals surface area contributed by atoms with Gasteiger partial charge in [0.25, 0.3) is 5.91 Å². The average molecular weight is 318 g/mol. The molecule has 1 amide bonds. The number of carbonyl (C=O) groups excluding carboxylic acids is 1. The molecule has 4 nitrogen and oxygen atoms in total. The third-order valence-corrected chi connectivity index (χ3v) is 3.64. The van der Waals surface area contributed by atoms with E-state index in [2.05, 4.69) is 10.3 Å². The summed E-state index contributed by atoms with van der Waals surface area (Å²) in [6, 6.07) is 8.04. The highest BCUT2D eigenvalue weighted by Gasteiger charge is 2.17. The van der Waals surface area contributed by atoms with Crippen molar-refractivity contribution in [1.82, 2.24) is 9.38 Å². The predicted molar refractivity (Wildman–Crippen MR) is 84.0 cm³/mol. The fourth-order valence-corrected chi connectivity index (χ4v) is 2.59. The summed E-state index contributed by atoms with van der Waals surface area (Å²) in [5, 5.41) is 3.41. The Morgan fingerprint density at radius 3 is 2.77 bits per heavy atom. The Kier molecular flexibility index (Phi) is 3.58. The molecule has 0 fully saturated rings. The van der Waals surface area contributed by atoms with Crippen LogP contribution in [0.2, 0.25) is 5.02 Å². The van der Waals surface area contributed by atoms with E-state index in [1.807, 2.05) is 6.92 Å². The van der Waals surface area contributed by atoms with Crippen LogP contribution < -0.4 is 5.32 Å². The molecule has 0 saturated carbocycles. The minimum absolute atomic E-state index is 0.309. The highest BCUT2D eigenvalue weighted by Crippen LogP contribution is 2.21. The summed E-state index contributed by atoms with van der Waals surface area (Å²) < 4.78 is 14.9. The van der Waals surface area contributed by atoms with Crippen LogP contribution in [-0.2, 0) is 0 Å². The third-order valence-electron chi connectivity index (χ3n) is 3.41. The number of nitrogens with zero attached hydrogens (tertiary/aromatic N) is 2. The average Bonchev–Trinajstić information content (AvgIpc) is 2.77. The van der Waals surface area contributed by atoms with E-state index in [0.29, 0.717) is 27.7 Å². The first kappa shape index (κ1) is 14.5. The van der Waals surface area contributed by atoms with Crippen LogP contribution in [0.1, 0.15) is 21.7 Å². The van der Waals surface area contributed by atoms with Crippen molar-refractivity contribution in [3.8, 4) is 0 Å². The summed E-state index contributed by atoms with van der Waals surface area (Å²) in [6.07, 6.45) is 1.25. The Hall–Kier alpha value is -2.40. The Morgan fingerprint density at radius 2 is 2.05 bits per heavy atom. The molecular weight excluding hydrogens is 305 g/mol. The molecule has 0 spiro atoms. The van der Waals surface area contributed by atoms with Crippen LogP contribution in [0, 0.1) is 19.7 Å². The van der Waals surface area contributed by atoms with Gasteiger partial charge in [0.1, 0.15) is 17.2 Å². The van der Waals surface area contributed by atoms with Gasteiger partial charge in [-0.1, -0.05) is 11.6 Å². The summed E-state index contributed by atoms with van der Waals surface area (Å²) >= 11 is 5.91. The van der Waals surface area contributed by atoms with Crippen molar-refractivity contribution >= 4 is 28.8 Å². The molecule has 0 bridgehead atoms. The highest BCUT2D eigenvalue weighted by molar-refractivity contribution is 6.30. The van der Waals surface area contributed by atoms with E-state index >= 15 is 0 Å². The number of pyridine rings is 1. The normalized spacial score (nSPS) is 10.9. The van der Waals surface area contributed by atoms with E-state index in [0.717, 1.165) is 5.56 Å². The maximum absolute atomic E-state index is 13.4. The Labute approximate surface area is 131 Å². The molecule has 1 aromatic carbocycles. The number of nitrogens with one attached hydrogen (secondary N) is 1. The van der Waals surface area contributed by atoms with Crippen LogP contribution >= 0.6 is 11.6 Å². The number of imidazole rings is 1. The largest absolute Gasteiger partial charge is 0.320 e. The molecule has 0 aliphatic carbocycles. The lowest BCUT2D eigenvalue weighted by Crippen LogP contribution is -2.16. The second-order valence-electron chi connectivity index (χ2n) is 5.03. The highest BCUT2D eigenvalue weighted by atomic mass is 35.5. The number of aryl methyl sites for hydroxylation is 2. The van der Waals surface area contributed by atoms with Crippen molar-refractivity contribution in [3.05, 3.63) is 64.3 Å². The van der Waals surface area contributed by atoms with Crippen LogP contribution in [0.5, 0.6) is 0 Å². The third kappa shape index (κ3) is 2.55. The first-order valence-corrected chi connectivity index (χ1v) is 7.05. The molecule has 0 aliphatic rings. The van der Waals surface area contributed by atoms with Gasteiger partial charge in [-0.2, -0.15) is 0 Å². The van der Waals surface area contributed by atoms with Gasteiger partial charge in [0, 0.05) is 16.9 Å². The first-order chi connectivity index (χ1) is 10.5. The number of fused-ring (bicyclic) bond motifs is 1.